The van der Waals surface area contributed by atoms with Gasteiger partial charge in [-0.3, -0.25) is 9.35 Å². The van der Waals surface area contributed by atoms with E-state index in [1.807, 2.05) is 39.8 Å². The van der Waals surface area contributed by atoms with Crippen molar-refractivity contribution in [3.63, 3.8) is 0 Å². The Hall–Kier alpha value is -2.02. The maximum atomic E-state index is 14.1. The molecule has 35 heavy (non-hydrogen) atoms. The van der Waals surface area contributed by atoms with Gasteiger partial charge in [-0.2, -0.15) is 13.1 Å². The van der Waals surface area contributed by atoms with Crippen molar-refractivity contribution in [3.8, 4) is 0 Å². The van der Waals surface area contributed by atoms with Gasteiger partial charge in [-0.15, -0.1) is 0 Å². The van der Waals surface area contributed by atoms with Gasteiger partial charge in [-0.25, -0.2) is 0 Å². The highest BCUT2D eigenvalue weighted by atomic mass is 32.2. The molecule has 0 heterocycles. The molecule has 5 nitrogen and oxygen atoms in total. The number of hydrogen-bond donors (Lipinski definition) is 2. The molecule has 0 aliphatic carbocycles. The van der Waals surface area contributed by atoms with Crippen molar-refractivity contribution in [2.75, 3.05) is 0 Å². The van der Waals surface area contributed by atoms with Crippen LogP contribution in [0, 0.1) is 0 Å². The van der Waals surface area contributed by atoms with E-state index < -0.39 is 16.3 Å². The summed E-state index contributed by atoms with van der Waals surface area (Å²) in [6.07, 6.45) is 0. The number of ketones is 1. The number of rotatable bonds is 10. The number of carbonyl (C=O) groups excluding carboxylic acids is 1. The average molecular weight is 502 g/mol. The second-order valence-electron chi connectivity index (χ2n) is 11.2. The maximum absolute atomic E-state index is 14.1. The lowest BCUT2D eigenvalue weighted by Crippen LogP contribution is -2.35. The molecule has 2 aromatic rings. The highest BCUT2D eigenvalue weighted by Crippen LogP contribution is 2.38. The first-order valence-corrected chi connectivity index (χ1v) is 14.1. The third-order valence-electron chi connectivity index (χ3n) is 6.59. The Bertz CT molecular complexity index is 1110. The minimum Gasteiger partial charge on any atom is -0.292 e. The van der Waals surface area contributed by atoms with Crippen LogP contribution in [0.1, 0.15) is 149 Å². The predicted molar refractivity (Wildman–Crippen MR) is 145 cm³/mol. The van der Waals surface area contributed by atoms with Crippen LogP contribution in [0.25, 0.3) is 0 Å². The number of Topliss-reactive ketones (excluding diaryl/α,β-unsaturated/α-hetero) is 1. The van der Waals surface area contributed by atoms with Crippen molar-refractivity contribution in [3.05, 3.63) is 69.3 Å². The molecule has 0 aliphatic rings. The van der Waals surface area contributed by atoms with E-state index in [-0.39, 0.29) is 35.4 Å². The molecule has 2 aromatic carbocycles. The summed E-state index contributed by atoms with van der Waals surface area (Å²) < 4.78 is 36.4. The van der Waals surface area contributed by atoms with Crippen LogP contribution < -0.4 is 4.72 Å². The second kappa shape index (κ2) is 11.4. The van der Waals surface area contributed by atoms with Gasteiger partial charge in [0.25, 0.3) is 0 Å². The van der Waals surface area contributed by atoms with Gasteiger partial charge in [-0.1, -0.05) is 87.4 Å². The number of nitrogens with one attached hydrogen (secondary N) is 1. The Labute approximate surface area is 212 Å². The molecule has 0 fully saturated rings. The van der Waals surface area contributed by atoms with E-state index in [2.05, 4.69) is 64.5 Å². The van der Waals surface area contributed by atoms with Crippen molar-refractivity contribution in [2.24, 2.45) is 0 Å². The van der Waals surface area contributed by atoms with Gasteiger partial charge in [0.05, 0.1) is 0 Å². The van der Waals surface area contributed by atoms with Gasteiger partial charge in [0.15, 0.2) is 5.78 Å². The maximum Gasteiger partial charge on any atom is 0.334 e. The fraction of sp³-hybridized carbons (Fsp3) is 0.552. The molecule has 1 unspecified atom stereocenters. The van der Waals surface area contributed by atoms with Crippen LogP contribution in [0.2, 0.25) is 0 Å². The molecule has 2 rings (SSSR count). The van der Waals surface area contributed by atoms with Crippen LogP contribution in [0.15, 0.2) is 30.3 Å². The van der Waals surface area contributed by atoms with Crippen LogP contribution in [0.3, 0.4) is 0 Å². The lowest BCUT2D eigenvalue weighted by molar-refractivity contribution is 0.0950. The highest BCUT2D eigenvalue weighted by molar-refractivity contribution is 7.83. The first-order valence-electron chi connectivity index (χ1n) is 12.6. The zero-order valence-electron chi connectivity index (χ0n) is 22.9. The molecule has 1 atom stereocenters. The summed E-state index contributed by atoms with van der Waals surface area (Å²) in [5.41, 5.74) is 6.10. The lowest BCUT2D eigenvalue weighted by Gasteiger charge is -2.28. The van der Waals surface area contributed by atoms with E-state index >= 15 is 0 Å². The topological polar surface area (TPSA) is 83.5 Å². The van der Waals surface area contributed by atoms with E-state index in [1.165, 1.54) is 0 Å². The summed E-state index contributed by atoms with van der Waals surface area (Å²) in [6.45, 7) is 20.7. The fourth-order valence-corrected chi connectivity index (χ4v) is 4.91. The monoisotopic (exact) mass is 501 g/mol. The van der Waals surface area contributed by atoms with Crippen LogP contribution in [0.5, 0.6) is 0 Å². The molecule has 0 saturated carbocycles. The van der Waals surface area contributed by atoms with E-state index in [0.29, 0.717) is 11.1 Å². The molecule has 0 saturated heterocycles. The zero-order valence-corrected chi connectivity index (χ0v) is 23.7. The van der Waals surface area contributed by atoms with Crippen LogP contribution >= 0.6 is 0 Å². The summed E-state index contributed by atoms with van der Waals surface area (Å²) >= 11 is 0. The molecule has 2 N–H and O–H groups in total. The minimum atomic E-state index is -4.66. The second-order valence-corrected chi connectivity index (χ2v) is 12.4. The van der Waals surface area contributed by atoms with Gasteiger partial charge in [0.2, 0.25) is 0 Å². The van der Waals surface area contributed by atoms with Crippen molar-refractivity contribution in [2.45, 2.75) is 105 Å². The van der Waals surface area contributed by atoms with Crippen molar-refractivity contribution < 1.29 is 17.8 Å². The molecule has 0 bridgehead atoms. The largest absolute Gasteiger partial charge is 0.334 e. The van der Waals surface area contributed by atoms with Gasteiger partial charge in [-0.05, 0) is 75.1 Å². The Balaban J connectivity index is 2.90. The molecule has 0 amide bonds. The van der Waals surface area contributed by atoms with Gasteiger partial charge < -0.3 is 0 Å². The van der Waals surface area contributed by atoms with Gasteiger partial charge in [0, 0.05) is 5.56 Å². The molecule has 6 heteroatoms. The lowest BCUT2D eigenvalue weighted by atomic mass is 9.80. The summed E-state index contributed by atoms with van der Waals surface area (Å²) in [6, 6.07) is 8.73. The minimum absolute atomic E-state index is 0.0490. The standard InChI is InChI=1S/C29H43NO4S/c1-16(2)21-11-22(17(3)4)13-24(12-21)29(31)28(30-35(32,33)34)27-25(19(7)8)14-23(18(5)6)15-26(27)20(9)10/h11-20,28,30H,1-10H3,(H,32,33,34). The van der Waals surface area contributed by atoms with Gasteiger partial charge in [0.1, 0.15) is 6.04 Å². The first kappa shape index (κ1) is 29.2. The third kappa shape index (κ3) is 7.25. The Morgan fingerprint density at radius 3 is 1.34 bits per heavy atom. The van der Waals surface area contributed by atoms with Crippen LogP contribution in [0.4, 0.5) is 0 Å². The van der Waals surface area contributed by atoms with Gasteiger partial charge >= 0.3 is 10.3 Å². The van der Waals surface area contributed by atoms with E-state index in [0.717, 1.165) is 27.8 Å². The average Bonchev–Trinajstić information content (AvgIpc) is 2.74. The third-order valence-corrected chi connectivity index (χ3v) is 7.12. The summed E-state index contributed by atoms with van der Waals surface area (Å²) in [5, 5.41) is 0. The zero-order chi connectivity index (χ0) is 26.8. The molecule has 0 aromatic heterocycles. The van der Waals surface area contributed by atoms with Crippen molar-refractivity contribution in [1.82, 2.24) is 4.72 Å². The number of benzene rings is 2. The molecule has 0 aliphatic heterocycles. The normalized spacial score (nSPS) is 13.5. The van der Waals surface area contributed by atoms with Crippen molar-refractivity contribution >= 4 is 16.1 Å². The van der Waals surface area contributed by atoms with E-state index in [1.54, 1.807) is 0 Å². The van der Waals surface area contributed by atoms with Crippen LogP contribution in [-0.4, -0.2) is 18.8 Å². The molecule has 194 valence electrons. The SMILES string of the molecule is CC(C)c1cc(C(=O)C(NS(=O)(=O)O)c2c(C(C)C)cc(C(C)C)cc2C(C)C)cc(C(C)C)c1. The molecular formula is C29H43NO4S. The van der Waals surface area contributed by atoms with E-state index in [4.69, 9.17) is 0 Å². The Kier molecular flexibility index (Phi) is 9.48. The quantitative estimate of drug-likeness (QED) is 0.259. The molecule has 0 radical (unpaired) electrons. The number of carbonyl (C=O) groups is 1. The van der Waals surface area contributed by atoms with Crippen molar-refractivity contribution in [1.29, 1.82) is 0 Å². The predicted octanol–water partition coefficient (Wildman–Crippen LogP) is 7.62. The molecule has 0 spiro atoms. The van der Waals surface area contributed by atoms with E-state index in [9.17, 15) is 17.8 Å². The number of hydrogen-bond acceptors (Lipinski definition) is 3. The smallest absolute Gasteiger partial charge is 0.292 e. The Morgan fingerprint density at radius 1 is 0.657 bits per heavy atom. The summed E-state index contributed by atoms with van der Waals surface area (Å²) in [7, 11) is -4.66. The fourth-order valence-electron chi connectivity index (χ4n) is 4.39. The van der Waals surface area contributed by atoms with Crippen LogP contribution in [-0.2, 0) is 10.3 Å². The first-order chi connectivity index (χ1) is 16.0. The molecular weight excluding hydrogens is 458 g/mol. The summed E-state index contributed by atoms with van der Waals surface area (Å²) in [4.78, 5) is 14.1. The Morgan fingerprint density at radius 2 is 1.03 bits per heavy atom. The summed E-state index contributed by atoms with van der Waals surface area (Å²) in [5.74, 6) is 0.417. The highest BCUT2D eigenvalue weighted by Gasteiger charge is 2.32.